The number of fused-ring (bicyclic) bond motifs is 3. The number of methoxy groups -OCH3 is 1. The molecule has 0 aliphatic carbocycles. The monoisotopic (exact) mass is 460 g/mol. The van der Waals surface area contributed by atoms with Crippen LogP contribution in [0, 0.1) is 0 Å². The van der Waals surface area contributed by atoms with E-state index in [2.05, 4.69) is 20.7 Å². The van der Waals surface area contributed by atoms with E-state index in [0.717, 1.165) is 15.8 Å². The number of aromatic nitrogens is 5. The van der Waals surface area contributed by atoms with Crippen molar-refractivity contribution in [2.75, 3.05) is 12.5 Å². The predicted octanol–water partition coefficient (Wildman–Crippen LogP) is 3.29. The van der Waals surface area contributed by atoms with Crippen LogP contribution in [-0.4, -0.2) is 37.5 Å². The Morgan fingerprint density at radius 1 is 1.06 bits per heavy atom. The molecule has 10 heteroatoms. The van der Waals surface area contributed by atoms with Crippen molar-refractivity contribution >= 4 is 34.2 Å². The van der Waals surface area contributed by atoms with Crippen molar-refractivity contribution in [3.8, 4) is 11.1 Å². The largest absolute Gasteiger partial charge is 0.378 e. The van der Waals surface area contributed by atoms with Gasteiger partial charge in [-0.1, -0.05) is 54.1 Å². The van der Waals surface area contributed by atoms with Gasteiger partial charge in [-0.05, 0) is 23.8 Å². The lowest BCUT2D eigenvalue weighted by Gasteiger charge is -2.10. The number of nitrogens with one attached hydrogen (secondary N) is 1. The van der Waals surface area contributed by atoms with Gasteiger partial charge in [-0.2, -0.15) is 5.10 Å². The summed E-state index contributed by atoms with van der Waals surface area (Å²) in [7, 11) is 1.59. The fourth-order valence-electron chi connectivity index (χ4n) is 3.63. The van der Waals surface area contributed by atoms with Crippen LogP contribution in [0.25, 0.3) is 27.8 Å². The van der Waals surface area contributed by atoms with Crippen molar-refractivity contribution in [3.63, 3.8) is 0 Å². The van der Waals surface area contributed by atoms with Gasteiger partial charge in [0.15, 0.2) is 11.2 Å². The number of hydrogen-bond donors (Lipinski definition) is 1. The lowest BCUT2D eigenvalue weighted by molar-refractivity contribution is 0.101. The van der Waals surface area contributed by atoms with Crippen LogP contribution in [0.5, 0.6) is 0 Å². The number of carbonyl (C=O) groups is 1. The molecule has 5 aromatic rings. The molecule has 1 N–H and O–H groups in total. The van der Waals surface area contributed by atoms with Gasteiger partial charge in [0.1, 0.15) is 5.52 Å². The summed E-state index contributed by atoms with van der Waals surface area (Å²) in [6, 6.07) is 17.9. The van der Waals surface area contributed by atoms with Gasteiger partial charge in [-0.25, -0.2) is 9.19 Å². The van der Waals surface area contributed by atoms with E-state index in [4.69, 9.17) is 16.3 Å². The van der Waals surface area contributed by atoms with E-state index in [1.165, 1.54) is 6.20 Å². The number of nitrogens with zero attached hydrogens (tertiary/aromatic N) is 5. The van der Waals surface area contributed by atoms with E-state index in [1.54, 1.807) is 42.0 Å². The van der Waals surface area contributed by atoms with Gasteiger partial charge in [-0.15, -0.1) is 10.2 Å². The summed E-state index contributed by atoms with van der Waals surface area (Å²) < 4.78 is 7.94. The summed E-state index contributed by atoms with van der Waals surface area (Å²) in [6.07, 6.45) is 1.44. The minimum absolute atomic E-state index is 0.0514. The molecule has 0 bridgehead atoms. The van der Waals surface area contributed by atoms with Crippen molar-refractivity contribution in [3.05, 3.63) is 93.5 Å². The number of halogens is 1. The van der Waals surface area contributed by atoms with Crippen LogP contribution in [0.4, 0.5) is 0 Å². The van der Waals surface area contributed by atoms with Crippen LogP contribution >= 0.6 is 11.6 Å². The molecular formula is C23H17ClN6O3. The molecule has 0 atom stereocenters. The van der Waals surface area contributed by atoms with Crippen LogP contribution < -0.4 is 11.0 Å². The Labute approximate surface area is 192 Å². The lowest BCUT2D eigenvalue weighted by atomic mass is 10.1. The van der Waals surface area contributed by atoms with Gasteiger partial charge in [0.25, 0.3) is 11.5 Å². The molecule has 1 amide bonds. The third-order valence-electron chi connectivity index (χ3n) is 5.14. The molecule has 0 saturated carbocycles. The number of benzene rings is 2. The molecule has 0 fully saturated rings. The fourth-order valence-corrected chi connectivity index (χ4v) is 3.85. The Morgan fingerprint density at radius 2 is 1.82 bits per heavy atom. The highest BCUT2D eigenvalue weighted by molar-refractivity contribution is 6.34. The quantitative estimate of drug-likeness (QED) is 0.431. The van der Waals surface area contributed by atoms with Gasteiger partial charge in [0, 0.05) is 13.3 Å². The molecule has 0 radical (unpaired) electrons. The summed E-state index contributed by atoms with van der Waals surface area (Å²) in [5.74, 6) is -0.524. The number of carbonyl (C=O) groups excluding carboxylic acids is 1. The molecule has 3 aromatic heterocycles. The third-order valence-corrected chi connectivity index (χ3v) is 5.47. The first-order valence-electron chi connectivity index (χ1n) is 9.98. The van der Waals surface area contributed by atoms with Crippen LogP contribution in [0.15, 0.2) is 71.7 Å². The molecule has 0 aliphatic heterocycles. The van der Waals surface area contributed by atoms with E-state index in [1.807, 2.05) is 30.3 Å². The van der Waals surface area contributed by atoms with Crippen molar-refractivity contribution < 1.29 is 9.53 Å². The lowest BCUT2D eigenvalue weighted by Crippen LogP contribution is -2.33. The molecule has 33 heavy (non-hydrogen) atoms. The second kappa shape index (κ2) is 8.45. The average Bonchev–Trinajstić information content (AvgIpc) is 3.20. The fraction of sp³-hybridized carbons (Fsp3) is 0.0870. The number of pyridine rings is 1. The van der Waals surface area contributed by atoms with Crippen LogP contribution in [0.1, 0.15) is 16.1 Å². The van der Waals surface area contributed by atoms with Crippen LogP contribution in [0.2, 0.25) is 5.02 Å². The number of ether oxygens (including phenoxy) is 1. The Bertz CT molecular complexity index is 1560. The van der Waals surface area contributed by atoms with Crippen LogP contribution in [0.3, 0.4) is 0 Å². The van der Waals surface area contributed by atoms with Gasteiger partial charge in [0.05, 0.1) is 28.5 Å². The molecule has 0 aliphatic rings. The zero-order valence-corrected chi connectivity index (χ0v) is 18.2. The number of rotatable bonds is 5. The molecule has 3 heterocycles. The minimum Gasteiger partial charge on any atom is -0.378 e. The normalized spacial score (nSPS) is 11.2. The van der Waals surface area contributed by atoms with Gasteiger partial charge in [-0.3, -0.25) is 15.0 Å². The maximum Gasteiger partial charge on any atom is 0.299 e. The topological polar surface area (TPSA) is 103 Å². The Hall–Kier alpha value is -4.08. The highest BCUT2D eigenvalue weighted by Crippen LogP contribution is 2.28. The predicted molar refractivity (Wildman–Crippen MR) is 124 cm³/mol. The number of hydrogen-bond acceptors (Lipinski definition) is 6. The Kier molecular flexibility index (Phi) is 5.33. The first-order valence-corrected chi connectivity index (χ1v) is 10.4. The molecule has 9 nitrogen and oxygen atoms in total. The number of amides is 1. The molecule has 164 valence electrons. The average molecular weight is 461 g/mol. The second-order valence-corrected chi connectivity index (χ2v) is 7.61. The highest BCUT2D eigenvalue weighted by Gasteiger charge is 2.20. The van der Waals surface area contributed by atoms with Crippen molar-refractivity contribution in [1.82, 2.24) is 24.5 Å². The molecule has 0 unspecified atom stereocenters. The van der Waals surface area contributed by atoms with E-state index < -0.39 is 11.5 Å². The first-order chi connectivity index (χ1) is 16.1. The molecule has 0 saturated heterocycles. The SMILES string of the molecule is COCc1nn2c(nnc3c(=O)n(NC(=O)c4ccccc4Cl)ccc32)c1-c1ccccc1. The zero-order valence-electron chi connectivity index (χ0n) is 17.4. The third kappa shape index (κ3) is 3.63. The minimum atomic E-state index is -0.549. The van der Waals surface area contributed by atoms with E-state index in [9.17, 15) is 9.59 Å². The molecular weight excluding hydrogens is 444 g/mol. The Balaban J connectivity index is 1.63. The summed E-state index contributed by atoms with van der Waals surface area (Å²) in [6.45, 7) is 0.264. The standard InChI is InChI=1S/C23H17ClN6O3/c1-33-13-17-19(14-7-3-2-4-8-14)21-26-25-20-18(30(21)27-17)11-12-29(23(20)32)28-22(31)15-9-5-6-10-16(15)24/h2-12H,13H2,1H3,(H,28,31). The summed E-state index contributed by atoms with van der Waals surface area (Å²) in [5.41, 5.74) is 5.59. The summed E-state index contributed by atoms with van der Waals surface area (Å²) >= 11 is 6.09. The van der Waals surface area contributed by atoms with Crippen LogP contribution in [-0.2, 0) is 11.3 Å². The molecule has 5 rings (SSSR count). The van der Waals surface area contributed by atoms with E-state index in [-0.39, 0.29) is 22.7 Å². The molecule has 0 spiro atoms. The van der Waals surface area contributed by atoms with Gasteiger partial charge >= 0.3 is 0 Å². The van der Waals surface area contributed by atoms with E-state index >= 15 is 0 Å². The smallest absolute Gasteiger partial charge is 0.299 e. The maximum absolute atomic E-state index is 13.1. The van der Waals surface area contributed by atoms with Gasteiger partial charge < -0.3 is 4.74 Å². The highest BCUT2D eigenvalue weighted by atomic mass is 35.5. The van der Waals surface area contributed by atoms with E-state index in [0.29, 0.717) is 16.9 Å². The second-order valence-electron chi connectivity index (χ2n) is 7.20. The Morgan fingerprint density at radius 3 is 2.58 bits per heavy atom. The first kappa shape index (κ1) is 20.8. The zero-order chi connectivity index (χ0) is 22.9. The van der Waals surface area contributed by atoms with Crippen molar-refractivity contribution in [2.45, 2.75) is 6.61 Å². The molecule has 2 aromatic carbocycles. The van der Waals surface area contributed by atoms with Crippen molar-refractivity contribution in [1.29, 1.82) is 0 Å². The summed E-state index contributed by atoms with van der Waals surface area (Å²) in [4.78, 5) is 25.6. The maximum atomic E-state index is 13.1. The van der Waals surface area contributed by atoms with Gasteiger partial charge in [0.2, 0.25) is 0 Å². The van der Waals surface area contributed by atoms with Crippen molar-refractivity contribution in [2.24, 2.45) is 0 Å². The summed E-state index contributed by atoms with van der Waals surface area (Å²) in [5, 5.41) is 13.4.